The molecule has 12 heteroatoms. The molecule has 0 saturated heterocycles. The van der Waals surface area contributed by atoms with Gasteiger partial charge in [0.05, 0.1) is 11.3 Å². The molecule has 1 aliphatic heterocycles. The van der Waals surface area contributed by atoms with Crippen LogP contribution in [0.1, 0.15) is 51.3 Å². The van der Waals surface area contributed by atoms with Gasteiger partial charge >= 0.3 is 7.41 Å². The van der Waals surface area contributed by atoms with Gasteiger partial charge in [0.15, 0.2) is 8.32 Å². The number of amides is 1. The Morgan fingerprint density at radius 1 is 1.28 bits per heavy atom. The zero-order valence-corrected chi connectivity index (χ0v) is 27.7. The number of carbonyl (C=O) groups excluding carboxylic acids is 2. The van der Waals surface area contributed by atoms with Crippen LogP contribution in [0.15, 0.2) is 36.5 Å². The molecule has 0 saturated carbocycles. The summed E-state index contributed by atoms with van der Waals surface area (Å²) < 4.78 is 6.68. The SMILES string of the molecule is CC(=O)Nc1cc(Cl)cc(Nc2nccc(-c3cc(C#N)c4c(c3)[C@@](C)(CO[Si](C)(C)C(C)(C)C)CN4[B]C=O)n2)c1C. The van der Waals surface area contributed by atoms with Gasteiger partial charge in [0.2, 0.25) is 11.9 Å². The normalized spacial score (nSPS) is 16.3. The number of fused-ring (bicyclic) bond motifs is 1. The van der Waals surface area contributed by atoms with Crippen molar-refractivity contribution in [2.45, 2.75) is 65.1 Å². The third kappa shape index (κ3) is 6.77. The number of anilines is 4. The van der Waals surface area contributed by atoms with Gasteiger partial charge in [0, 0.05) is 59.3 Å². The third-order valence-corrected chi connectivity index (χ3v) is 13.1. The smallest absolute Gasteiger partial charge is 0.329 e. The largest absolute Gasteiger partial charge is 0.416 e. The minimum absolute atomic E-state index is 0.0354. The van der Waals surface area contributed by atoms with Crippen LogP contribution in [0, 0.1) is 18.3 Å². The molecule has 43 heavy (non-hydrogen) atoms. The predicted octanol–water partition coefficient (Wildman–Crippen LogP) is 6.59. The Balaban J connectivity index is 1.75. The van der Waals surface area contributed by atoms with Crippen LogP contribution in [0.4, 0.5) is 23.0 Å². The summed E-state index contributed by atoms with van der Waals surface area (Å²) in [6, 6.07) is 11.4. The van der Waals surface area contributed by atoms with Crippen LogP contribution >= 0.6 is 11.6 Å². The van der Waals surface area contributed by atoms with Crippen LogP contribution in [0.25, 0.3) is 11.3 Å². The van der Waals surface area contributed by atoms with Gasteiger partial charge in [-0.2, -0.15) is 5.26 Å². The molecule has 2 N–H and O–H groups in total. The first-order valence-corrected chi connectivity index (χ1v) is 17.3. The Morgan fingerprint density at radius 2 is 1.98 bits per heavy atom. The van der Waals surface area contributed by atoms with Crippen LogP contribution in [0.5, 0.6) is 0 Å². The molecule has 1 aliphatic rings. The molecule has 3 aromatic rings. The number of carbonyl (C=O) groups is 2. The highest BCUT2D eigenvalue weighted by molar-refractivity contribution is 6.74. The molecule has 4 rings (SSSR count). The highest BCUT2D eigenvalue weighted by atomic mass is 35.5. The molecule has 223 valence electrons. The fourth-order valence-corrected chi connectivity index (χ4v) is 6.22. The van der Waals surface area contributed by atoms with Crippen LogP contribution in [-0.4, -0.2) is 50.9 Å². The molecular weight excluding hydrogens is 579 g/mol. The minimum Gasteiger partial charge on any atom is -0.416 e. The van der Waals surface area contributed by atoms with E-state index >= 15 is 0 Å². The van der Waals surface area contributed by atoms with E-state index in [2.05, 4.69) is 62.5 Å². The topological polar surface area (TPSA) is 120 Å². The van der Waals surface area contributed by atoms with Gasteiger partial charge in [0.25, 0.3) is 0 Å². The van der Waals surface area contributed by atoms with E-state index in [4.69, 9.17) is 21.0 Å². The summed E-state index contributed by atoms with van der Waals surface area (Å²) in [5, 5.41) is 16.7. The average Bonchev–Trinajstić information content (AvgIpc) is 3.21. The van der Waals surface area contributed by atoms with E-state index in [9.17, 15) is 14.9 Å². The predicted molar refractivity (Wildman–Crippen MR) is 176 cm³/mol. The van der Waals surface area contributed by atoms with Gasteiger partial charge in [-0.25, -0.2) is 9.97 Å². The van der Waals surface area contributed by atoms with Gasteiger partial charge in [-0.15, -0.1) is 0 Å². The van der Waals surface area contributed by atoms with Gasteiger partial charge < -0.3 is 24.7 Å². The summed E-state index contributed by atoms with van der Waals surface area (Å²) in [5.41, 5.74) is 4.99. The lowest BCUT2D eigenvalue weighted by Gasteiger charge is -2.39. The second-order valence-electron chi connectivity index (χ2n) is 12.8. The Kier molecular flexibility index (Phi) is 9.07. The lowest BCUT2D eigenvalue weighted by molar-refractivity contribution is -0.114. The van der Waals surface area contributed by atoms with Crippen molar-refractivity contribution in [3.63, 3.8) is 0 Å². The fraction of sp³-hybridized carbons (Fsp3) is 0.387. The summed E-state index contributed by atoms with van der Waals surface area (Å²) in [6.07, 6.45) is 2.39. The van der Waals surface area contributed by atoms with E-state index in [1.54, 1.807) is 30.5 Å². The number of rotatable bonds is 9. The Labute approximate surface area is 260 Å². The minimum atomic E-state index is -2.07. The molecule has 2 aromatic carbocycles. The van der Waals surface area contributed by atoms with Crippen LogP contribution in [-0.2, 0) is 19.4 Å². The van der Waals surface area contributed by atoms with E-state index in [1.165, 1.54) is 14.3 Å². The Morgan fingerprint density at radius 3 is 2.60 bits per heavy atom. The van der Waals surface area contributed by atoms with E-state index in [0.717, 1.165) is 22.9 Å². The first-order valence-electron chi connectivity index (χ1n) is 14.0. The number of hydrogen-bond acceptors (Lipinski definition) is 8. The number of nitrogens with zero attached hydrogens (tertiary/aromatic N) is 4. The molecule has 1 aromatic heterocycles. The standard InChI is InChI=1S/C31H37BClN6O3Si/c1-19-26(36-20(2)41)13-23(33)14-27(19)38-29-35-10-9-25(37-29)21-11-22(15-34)28-24(12-21)31(6,16-39(28)32-18-40)17-42-43(7,8)30(3,4)5/h9-14,18H,16-17H2,1-8H3,(H,36,41)(H,35,37,38)/t31-/m1/s1. The fourth-order valence-electron chi connectivity index (χ4n) is 4.89. The quantitative estimate of drug-likeness (QED) is 0.204. The van der Waals surface area contributed by atoms with Gasteiger partial charge in [-0.05, 0) is 66.5 Å². The molecule has 1 radical (unpaired) electrons. The average molecular weight is 616 g/mol. The zero-order chi connectivity index (χ0) is 31.7. The third-order valence-electron chi connectivity index (χ3n) is 8.37. The van der Waals surface area contributed by atoms with E-state index in [-0.39, 0.29) is 10.9 Å². The first-order chi connectivity index (χ1) is 20.1. The van der Waals surface area contributed by atoms with Crippen LogP contribution < -0.4 is 15.4 Å². The lowest BCUT2D eigenvalue weighted by Crippen LogP contribution is -2.46. The number of benzene rings is 2. The summed E-state index contributed by atoms with van der Waals surface area (Å²) >= 11 is 6.33. The molecular formula is C31H37BClN6O3Si. The molecule has 0 spiro atoms. The number of nitriles is 1. The van der Waals surface area contributed by atoms with Crippen molar-refractivity contribution in [1.29, 1.82) is 5.26 Å². The van der Waals surface area contributed by atoms with Crippen LogP contribution in [0.2, 0.25) is 23.2 Å². The van der Waals surface area contributed by atoms with E-state index in [1.807, 2.05) is 17.8 Å². The highest BCUT2D eigenvalue weighted by Crippen LogP contribution is 2.46. The van der Waals surface area contributed by atoms with Gasteiger partial charge in [0.1, 0.15) is 12.3 Å². The number of nitrogens with one attached hydrogen (secondary N) is 2. The molecule has 0 fully saturated rings. The molecule has 2 heterocycles. The number of hydrogen-bond donors (Lipinski definition) is 2. The van der Waals surface area contributed by atoms with Crippen molar-refractivity contribution >= 4 is 62.4 Å². The van der Waals surface area contributed by atoms with Crippen molar-refractivity contribution in [3.05, 3.63) is 58.2 Å². The maximum Gasteiger partial charge on any atom is 0.329 e. The van der Waals surface area contributed by atoms with E-state index in [0.29, 0.717) is 52.4 Å². The number of halogens is 1. The van der Waals surface area contributed by atoms with Crippen molar-refractivity contribution in [2.75, 3.05) is 28.6 Å². The summed E-state index contributed by atoms with van der Waals surface area (Å²) in [7, 11) is -0.594. The second kappa shape index (κ2) is 12.1. The molecule has 0 bridgehead atoms. The van der Waals surface area contributed by atoms with Gasteiger partial charge in [-0.3, -0.25) is 4.79 Å². The summed E-state index contributed by atoms with van der Waals surface area (Å²) in [4.78, 5) is 34.2. The Bertz CT molecular complexity index is 1620. The Hall–Kier alpha value is -3.72. The summed E-state index contributed by atoms with van der Waals surface area (Å²) in [5.74, 6) is 0.126. The van der Waals surface area contributed by atoms with Gasteiger partial charge in [-0.1, -0.05) is 39.3 Å². The molecule has 0 aliphatic carbocycles. The second-order valence-corrected chi connectivity index (χ2v) is 18.0. The van der Waals surface area contributed by atoms with E-state index < -0.39 is 13.7 Å². The lowest BCUT2D eigenvalue weighted by atomic mass is 9.83. The monoisotopic (exact) mass is 615 g/mol. The van der Waals surface area contributed by atoms with Crippen molar-refractivity contribution < 1.29 is 14.0 Å². The van der Waals surface area contributed by atoms with Crippen molar-refractivity contribution in [2.24, 2.45) is 0 Å². The highest BCUT2D eigenvalue weighted by Gasteiger charge is 2.44. The van der Waals surface area contributed by atoms with Crippen molar-refractivity contribution in [1.82, 2.24) is 9.97 Å². The molecule has 9 nitrogen and oxygen atoms in total. The zero-order valence-electron chi connectivity index (χ0n) is 25.9. The maximum atomic E-state index is 11.7. The van der Waals surface area contributed by atoms with Crippen molar-refractivity contribution in [3.8, 4) is 17.3 Å². The van der Waals surface area contributed by atoms with Crippen LogP contribution in [0.3, 0.4) is 0 Å². The first kappa shape index (κ1) is 32.2. The number of aromatic nitrogens is 2. The summed E-state index contributed by atoms with van der Waals surface area (Å²) in [6.45, 7) is 17.4. The maximum absolute atomic E-state index is 11.7. The molecule has 1 amide bonds. The molecule has 0 unspecified atom stereocenters. The molecule has 1 atom stereocenters.